The Balaban J connectivity index is 2.03. The fourth-order valence-corrected chi connectivity index (χ4v) is 1.91. The van der Waals surface area contributed by atoms with Crippen molar-refractivity contribution in [1.82, 2.24) is 0 Å². The van der Waals surface area contributed by atoms with Crippen molar-refractivity contribution < 1.29 is 14.2 Å². The minimum Gasteiger partial charge on any atom is -0.493 e. The molecule has 1 N–H and O–H groups in total. The van der Waals surface area contributed by atoms with E-state index in [2.05, 4.69) is 0 Å². The molecule has 2 rings (SSSR count). The van der Waals surface area contributed by atoms with Crippen LogP contribution in [0.15, 0.2) is 18.2 Å². The van der Waals surface area contributed by atoms with Gasteiger partial charge in [-0.15, -0.1) is 0 Å². The molecule has 3 heteroatoms. The number of aryl methyl sites for hydroxylation is 1. The average molecular weight is 210 g/mol. The number of aliphatic hydroxyl groups excluding tert-OH is 1. The number of benzene rings is 1. The average Bonchev–Trinajstić information content (AvgIpc) is 2.61. The van der Waals surface area contributed by atoms with Crippen molar-refractivity contribution in [3.8, 4) is 5.75 Å². The standard InChI is InChI=1S/C12H15FO2/c13-6-1-7-15-10-3-4-11-9(8-10)2-5-12(11)14/h3-4,8,12,14H,1-2,5-7H2/t12-/m0/s1. The molecule has 82 valence electrons. The normalized spacial score (nSPS) is 18.9. The molecule has 0 fully saturated rings. The van der Waals surface area contributed by atoms with Crippen molar-refractivity contribution >= 4 is 0 Å². The van der Waals surface area contributed by atoms with Crippen LogP contribution in [0.1, 0.15) is 30.1 Å². The number of fused-ring (bicyclic) bond motifs is 1. The third kappa shape index (κ3) is 2.29. The lowest BCUT2D eigenvalue weighted by molar-refractivity contribution is 0.180. The highest BCUT2D eigenvalue weighted by Crippen LogP contribution is 2.33. The molecule has 0 saturated carbocycles. The van der Waals surface area contributed by atoms with Crippen LogP contribution >= 0.6 is 0 Å². The first-order valence-electron chi connectivity index (χ1n) is 5.31. The molecule has 2 nitrogen and oxygen atoms in total. The molecule has 15 heavy (non-hydrogen) atoms. The lowest BCUT2D eigenvalue weighted by atomic mass is 10.1. The van der Waals surface area contributed by atoms with Crippen molar-refractivity contribution in [2.75, 3.05) is 13.3 Å². The number of hydrogen-bond acceptors (Lipinski definition) is 2. The maximum Gasteiger partial charge on any atom is 0.119 e. The van der Waals surface area contributed by atoms with Gasteiger partial charge in [0, 0.05) is 6.42 Å². The van der Waals surface area contributed by atoms with Gasteiger partial charge in [-0.25, -0.2) is 0 Å². The second kappa shape index (κ2) is 4.62. The van der Waals surface area contributed by atoms with E-state index >= 15 is 0 Å². The SMILES string of the molecule is O[C@H]1CCc2cc(OCCCF)ccc21. The van der Waals surface area contributed by atoms with E-state index in [-0.39, 0.29) is 12.8 Å². The van der Waals surface area contributed by atoms with E-state index in [0.717, 1.165) is 29.7 Å². The van der Waals surface area contributed by atoms with Crippen LogP contribution in [0.5, 0.6) is 5.75 Å². The maximum absolute atomic E-state index is 11.9. The Morgan fingerprint density at radius 1 is 1.47 bits per heavy atom. The van der Waals surface area contributed by atoms with Crippen molar-refractivity contribution in [3.63, 3.8) is 0 Å². The molecular weight excluding hydrogens is 195 g/mol. The van der Waals surface area contributed by atoms with Gasteiger partial charge in [0.2, 0.25) is 0 Å². The van der Waals surface area contributed by atoms with Crippen molar-refractivity contribution in [2.24, 2.45) is 0 Å². The number of rotatable bonds is 4. The Bertz CT molecular complexity index is 338. The Morgan fingerprint density at radius 3 is 3.13 bits per heavy atom. The van der Waals surface area contributed by atoms with Crippen LogP contribution in [0.25, 0.3) is 0 Å². The monoisotopic (exact) mass is 210 g/mol. The zero-order valence-corrected chi connectivity index (χ0v) is 8.58. The van der Waals surface area contributed by atoms with Crippen LogP contribution in [0, 0.1) is 0 Å². The third-order valence-electron chi connectivity index (χ3n) is 2.71. The van der Waals surface area contributed by atoms with E-state index in [9.17, 15) is 9.50 Å². The first-order valence-corrected chi connectivity index (χ1v) is 5.31. The van der Waals surface area contributed by atoms with Crippen LogP contribution < -0.4 is 4.74 Å². The molecule has 0 unspecified atom stereocenters. The lowest BCUT2D eigenvalue weighted by Gasteiger charge is -2.08. The molecule has 0 aliphatic heterocycles. The first-order chi connectivity index (χ1) is 7.31. The van der Waals surface area contributed by atoms with Crippen molar-refractivity contribution in [1.29, 1.82) is 0 Å². The molecule has 0 spiro atoms. The van der Waals surface area contributed by atoms with E-state index in [1.54, 1.807) is 0 Å². The molecule has 1 atom stereocenters. The molecule has 0 aromatic heterocycles. The largest absolute Gasteiger partial charge is 0.493 e. The van der Waals surface area contributed by atoms with E-state index in [1.165, 1.54) is 0 Å². The number of alkyl halides is 1. The van der Waals surface area contributed by atoms with Crippen LogP contribution in [0.4, 0.5) is 4.39 Å². The quantitative estimate of drug-likeness (QED) is 0.773. The second-order valence-corrected chi connectivity index (χ2v) is 3.81. The van der Waals surface area contributed by atoms with Crippen molar-refractivity contribution in [3.05, 3.63) is 29.3 Å². The molecule has 1 aliphatic carbocycles. The highest BCUT2D eigenvalue weighted by molar-refractivity contribution is 5.39. The maximum atomic E-state index is 11.9. The first kappa shape index (κ1) is 10.4. The van der Waals surface area contributed by atoms with Crippen LogP contribution in [0.3, 0.4) is 0 Å². The summed E-state index contributed by atoms with van der Waals surface area (Å²) in [6.07, 6.45) is 1.81. The molecule has 0 heterocycles. The molecule has 1 aromatic carbocycles. The van der Waals surface area contributed by atoms with Gasteiger partial charge in [-0.1, -0.05) is 6.07 Å². The topological polar surface area (TPSA) is 29.5 Å². The van der Waals surface area contributed by atoms with Crippen LogP contribution in [0.2, 0.25) is 0 Å². The number of aliphatic hydroxyl groups is 1. The Hall–Kier alpha value is -1.09. The van der Waals surface area contributed by atoms with Gasteiger partial charge in [0.15, 0.2) is 0 Å². The molecule has 0 saturated heterocycles. The zero-order valence-electron chi connectivity index (χ0n) is 8.58. The molecule has 0 bridgehead atoms. The summed E-state index contributed by atoms with van der Waals surface area (Å²) < 4.78 is 17.2. The summed E-state index contributed by atoms with van der Waals surface area (Å²) in [5, 5.41) is 9.60. The summed E-state index contributed by atoms with van der Waals surface area (Å²) in [6.45, 7) is 0.0709. The molecule has 0 radical (unpaired) electrons. The second-order valence-electron chi connectivity index (χ2n) is 3.81. The smallest absolute Gasteiger partial charge is 0.119 e. The van der Waals surface area contributed by atoms with E-state index in [4.69, 9.17) is 4.74 Å². The lowest BCUT2D eigenvalue weighted by Crippen LogP contribution is -1.99. The summed E-state index contributed by atoms with van der Waals surface area (Å²) in [5.41, 5.74) is 2.16. The van der Waals surface area contributed by atoms with Gasteiger partial charge >= 0.3 is 0 Å². The Morgan fingerprint density at radius 2 is 2.33 bits per heavy atom. The van der Waals surface area contributed by atoms with Gasteiger partial charge in [-0.05, 0) is 36.1 Å². The highest BCUT2D eigenvalue weighted by Gasteiger charge is 2.20. The summed E-state index contributed by atoms with van der Waals surface area (Å²) in [7, 11) is 0. The number of halogens is 1. The molecular formula is C12H15FO2. The fraction of sp³-hybridized carbons (Fsp3) is 0.500. The zero-order chi connectivity index (χ0) is 10.7. The summed E-state index contributed by atoms with van der Waals surface area (Å²) in [6, 6.07) is 5.69. The van der Waals surface area contributed by atoms with E-state index in [1.807, 2.05) is 18.2 Å². The molecule has 1 aromatic rings. The minimum atomic E-state index is -0.344. The molecule has 1 aliphatic rings. The predicted octanol–water partition coefficient (Wildman–Crippen LogP) is 2.40. The predicted molar refractivity (Wildman–Crippen MR) is 55.8 cm³/mol. The van der Waals surface area contributed by atoms with Gasteiger partial charge in [-0.2, -0.15) is 0 Å². The Kier molecular flexibility index (Phi) is 3.21. The summed E-state index contributed by atoms with van der Waals surface area (Å²) in [4.78, 5) is 0. The highest BCUT2D eigenvalue weighted by atomic mass is 19.1. The minimum absolute atomic E-state index is 0.320. The van der Waals surface area contributed by atoms with Gasteiger partial charge < -0.3 is 9.84 Å². The van der Waals surface area contributed by atoms with Crippen molar-refractivity contribution in [2.45, 2.75) is 25.4 Å². The van der Waals surface area contributed by atoms with Crippen LogP contribution in [-0.2, 0) is 6.42 Å². The van der Waals surface area contributed by atoms with Gasteiger partial charge in [0.1, 0.15) is 5.75 Å². The van der Waals surface area contributed by atoms with Crippen LogP contribution in [-0.4, -0.2) is 18.4 Å². The summed E-state index contributed by atoms with van der Waals surface area (Å²) in [5.74, 6) is 0.774. The number of hydrogen-bond donors (Lipinski definition) is 1. The Labute approximate surface area is 88.7 Å². The van der Waals surface area contributed by atoms with Gasteiger partial charge in [0.25, 0.3) is 0 Å². The van der Waals surface area contributed by atoms with E-state index in [0.29, 0.717) is 13.0 Å². The van der Waals surface area contributed by atoms with E-state index < -0.39 is 0 Å². The number of ether oxygens (including phenoxy) is 1. The molecule has 0 amide bonds. The van der Waals surface area contributed by atoms with Gasteiger partial charge in [-0.3, -0.25) is 4.39 Å². The third-order valence-corrected chi connectivity index (χ3v) is 2.71. The summed E-state index contributed by atoms with van der Waals surface area (Å²) >= 11 is 0. The fourth-order valence-electron chi connectivity index (χ4n) is 1.91. The van der Waals surface area contributed by atoms with Gasteiger partial charge in [0.05, 0.1) is 19.4 Å².